The third-order valence-corrected chi connectivity index (χ3v) is 3.17. The topological polar surface area (TPSA) is 26.0 Å². The normalized spacial score (nSPS) is 12.7. The van der Waals surface area contributed by atoms with Gasteiger partial charge < -0.3 is 5.73 Å². The summed E-state index contributed by atoms with van der Waals surface area (Å²) >= 11 is 0. The van der Waals surface area contributed by atoms with Gasteiger partial charge >= 0.3 is 0 Å². The molecule has 96 valence electrons. The number of rotatable bonds is 7. The van der Waals surface area contributed by atoms with E-state index >= 15 is 0 Å². The van der Waals surface area contributed by atoms with Gasteiger partial charge in [0.15, 0.2) is 0 Å². The fraction of sp³-hybridized carbons (Fsp3) is 0.600. The van der Waals surface area contributed by atoms with Gasteiger partial charge in [-0.15, -0.1) is 0 Å². The summed E-state index contributed by atoms with van der Waals surface area (Å²) in [5.41, 5.74) is 7.78. The van der Waals surface area contributed by atoms with Crippen molar-refractivity contribution in [1.82, 2.24) is 0 Å². The Morgan fingerprint density at radius 2 is 1.88 bits per heavy atom. The van der Waals surface area contributed by atoms with E-state index in [-0.39, 0.29) is 11.9 Å². The van der Waals surface area contributed by atoms with E-state index in [1.165, 1.54) is 31.7 Å². The molecule has 1 unspecified atom stereocenters. The van der Waals surface area contributed by atoms with Crippen LogP contribution in [0.1, 0.15) is 62.6 Å². The molecule has 2 heteroatoms. The Balaban J connectivity index is 2.41. The van der Waals surface area contributed by atoms with Crippen molar-refractivity contribution in [1.29, 1.82) is 0 Å². The molecule has 0 aliphatic heterocycles. The van der Waals surface area contributed by atoms with Crippen LogP contribution in [0.4, 0.5) is 4.39 Å². The van der Waals surface area contributed by atoms with Crippen molar-refractivity contribution >= 4 is 0 Å². The summed E-state index contributed by atoms with van der Waals surface area (Å²) in [5.74, 6) is -0.170. The molecule has 0 amide bonds. The summed E-state index contributed by atoms with van der Waals surface area (Å²) in [6, 6.07) is 5.01. The van der Waals surface area contributed by atoms with Crippen molar-refractivity contribution in [3.05, 3.63) is 35.1 Å². The Morgan fingerprint density at radius 3 is 2.59 bits per heavy atom. The van der Waals surface area contributed by atoms with Crippen molar-refractivity contribution in [3.63, 3.8) is 0 Å². The van der Waals surface area contributed by atoms with E-state index < -0.39 is 0 Å². The Kier molecular flexibility index (Phi) is 6.20. The van der Waals surface area contributed by atoms with Crippen LogP contribution in [0, 0.1) is 12.7 Å². The maximum Gasteiger partial charge on any atom is 0.127 e. The van der Waals surface area contributed by atoms with Crippen LogP contribution >= 0.6 is 0 Å². The molecule has 0 bridgehead atoms. The molecule has 1 atom stereocenters. The van der Waals surface area contributed by atoms with Crippen LogP contribution in [0.2, 0.25) is 0 Å². The Morgan fingerprint density at radius 1 is 1.18 bits per heavy atom. The molecule has 0 saturated heterocycles. The van der Waals surface area contributed by atoms with Crippen LogP contribution in [-0.2, 0) is 0 Å². The number of nitrogens with two attached hydrogens (primary N) is 1. The third kappa shape index (κ3) is 4.86. The number of unbranched alkanes of at least 4 members (excludes halogenated alkanes) is 4. The van der Waals surface area contributed by atoms with Crippen LogP contribution < -0.4 is 5.73 Å². The average molecular weight is 237 g/mol. The van der Waals surface area contributed by atoms with E-state index in [9.17, 15) is 4.39 Å². The highest BCUT2D eigenvalue weighted by Gasteiger charge is 2.10. The van der Waals surface area contributed by atoms with E-state index in [4.69, 9.17) is 5.73 Å². The lowest BCUT2D eigenvalue weighted by Crippen LogP contribution is -2.12. The van der Waals surface area contributed by atoms with Crippen molar-refractivity contribution in [2.45, 2.75) is 58.4 Å². The van der Waals surface area contributed by atoms with E-state index in [2.05, 4.69) is 6.92 Å². The predicted molar refractivity (Wildman–Crippen MR) is 71.4 cm³/mol. The van der Waals surface area contributed by atoms with Crippen LogP contribution in [0.15, 0.2) is 18.2 Å². The van der Waals surface area contributed by atoms with Gasteiger partial charge in [-0.05, 0) is 19.4 Å². The summed E-state index contributed by atoms with van der Waals surface area (Å²) in [6.07, 6.45) is 6.97. The average Bonchev–Trinajstić information content (AvgIpc) is 2.32. The molecule has 1 nitrogen and oxygen atoms in total. The zero-order chi connectivity index (χ0) is 12.7. The highest BCUT2D eigenvalue weighted by atomic mass is 19.1. The fourth-order valence-corrected chi connectivity index (χ4v) is 2.07. The van der Waals surface area contributed by atoms with Gasteiger partial charge in [0.2, 0.25) is 0 Å². The smallest absolute Gasteiger partial charge is 0.127 e. The largest absolute Gasteiger partial charge is 0.324 e. The zero-order valence-electron chi connectivity index (χ0n) is 11.0. The molecular formula is C15H24FN. The first-order valence-electron chi connectivity index (χ1n) is 6.66. The predicted octanol–water partition coefficient (Wildman–Crippen LogP) is 4.49. The molecular weight excluding hydrogens is 213 g/mol. The molecule has 1 rings (SSSR count). The van der Waals surface area contributed by atoms with E-state index in [0.29, 0.717) is 5.56 Å². The lowest BCUT2D eigenvalue weighted by molar-refractivity contribution is 0.526. The monoisotopic (exact) mass is 237 g/mol. The lowest BCUT2D eigenvalue weighted by atomic mass is 9.99. The van der Waals surface area contributed by atoms with Gasteiger partial charge in [-0.25, -0.2) is 4.39 Å². The second-order valence-electron chi connectivity index (χ2n) is 4.83. The van der Waals surface area contributed by atoms with Crippen LogP contribution in [0.3, 0.4) is 0 Å². The summed E-state index contributed by atoms with van der Waals surface area (Å²) in [6.45, 7) is 4.17. The summed E-state index contributed by atoms with van der Waals surface area (Å²) in [5, 5.41) is 0. The van der Waals surface area contributed by atoms with Gasteiger partial charge in [0, 0.05) is 11.6 Å². The van der Waals surface area contributed by atoms with Crippen LogP contribution in [-0.4, -0.2) is 0 Å². The minimum atomic E-state index is -0.170. The van der Waals surface area contributed by atoms with Gasteiger partial charge in [-0.2, -0.15) is 0 Å². The van der Waals surface area contributed by atoms with E-state index in [1.807, 2.05) is 13.0 Å². The Labute approximate surface area is 104 Å². The van der Waals surface area contributed by atoms with Gasteiger partial charge in [0.05, 0.1) is 0 Å². The molecule has 1 aromatic rings. The SMILES string of the molecule is CCCCCCCC(N)c1cc(C)ccc1F. The van der Waals surface area contributed by atoms with Crippen molar-refractivity contribution in [2.24, 2.45) is 5.73 Å². The second kappa shape index (κ2) is 7.44. The lowest BCUT2D eigenvalue weighted by Gasteiger charge is -2.13. The number of hydrogen-bond donors (Lipinski definition) is 1. The van der Waals surface area contributed by atoms with Crippen LogP contribution in [0.5, 0.6) is 0 Å². The first kappa shape index (κ1) is 14.2. The minimum Gasteiger partial charge on any atom is -0.324 e. The Bertz CT molecular complexity index is 336. The van der Waals surface area contributed by atoms with Gasteiger partial charge in [-0.3, -0.25) is 0 Å². The van der Waals surface area contributed by atoms with E-state index in [1.54, 1.807) is 6.07 Å². The number of halogens is 1. The number of aryl methyl sites for hydroxylation is 1. The molecule has 0 saturated carbocycles. The standard InChI is InChI=1S/C15H24FN/c1-3-4-5-6-7-8-15(17)13-11-12(2)9-10-14(13)16/h9-11,15H,3-8,17H2,1-2H3. The summed E-state index contributed by atoms with van der Waals surface area (Å²) in [4.78, 5) is 0. The Hall–Kier alpha value is -0.890. The number of benzene rings is 1. The highest BCUT2D eigenvalue weighted by Crippen LogP contribution is 2.21. The maximum atomic E-state index is 13.6. The van der Waals surface area contributed by atoms with Gasteiger partial charge in [0.1, 0.15) is 5.82 Å². The molecule has 2 N–H and O–H groups in total. The first-order valence-corrected chi connectivity index (χ1v) is 6.66. The minimum absolute atomic E-state index is 0.156. The molecule has 0 aliphatic carbocycles. The van der Waals surface area contributed by atoms with Crippen molar-refractivity contribution in [2.75, 3.05) is 0 Å². The maximum absolute atomic E-state index is 13.6. The molecule has 0 radical (unpaired) electrons. The van der Waals surface area contributed by atoms with Crippen molar-refractivity contribution in [3.8, 4) is 0 Å². The molecule has 0 heterocycles. The van der Waals surface area contributed by atoms with Crippen molar-refractivity contribution < 1.29 is 4.39 Å². The molecule has 1 aromatic carbocycles. The molecule has 0 spiro atoms. The highest BCUT2D eigenvalue weighted by molar-refractivity contribution is 5.26. The number of hydrogen-bond acceptors (Lipinski definition) is 1. The third-order valence-electron chi connectivity index (χ3n) is 3.17. The molecule has 0 fully saturated rings. The fourth-order valence-electron chi connectivity index (χ4n) is 2.07. The molecule has 0 aromatic heterocycles. The second-order valence-corrected chi connectivity index (χ2v) is 4.83. The van der Waals surface area contributed by atoms with E-state index in [0.717, 1.165) is 18.4 Å². The zero-order valence-corrected chi connectivity index (χ0v) is 11.0. The first-order chi connectivity index (χ1) is 8.15. The molecule has 0 aliphatic rings. The molecule has 17 heavy (non-hydrogen) atoms. The van der Waals surface area contributed by atoms with Gasteiger partial charge in [-0.1, -0.05) is 56.7 Å². The summed E-state index contributed by atoms with van der Waals surface area (Å²) in [7, 11) is 0. The summed E-state index contributed by atoms with van der Waals surface area (Å²) < 4.78 is 13.6. The quantitative estimate of drug-likeness (QED) is 0.694. The van der Waals surface area contributed by atoms with Gasteiger partial charge in [0.25, 0.3) is 0 Å². The van der Waals surface area contributed by atoms with Crippen LogP contribution in [0.25, 0.3) is 0 Å².